The molecule has 1 aliphatic heterocycles. The van der Waals surface area contributed by atoms with Crippen molar-refractivity contribution >= 4 is 85.1 Å². The molecule has 2 amide bonds. The van der Waals surface area contributed by atoms with Crippen LogP contribution >= 0.6 is 46.8 Å². The number of amides is 2. The van der Waals surface area contributed by atoms with Gasteiger partial charge in [0.15, 0.2) is 5.11 Å². The predicted molar refractivity (Wildman–Crippen MR) is 136 cm³/mol. The molecule has 0 unspecified atom stereocenters. The first-order chi connectivity index (χ1) is 15.3. The number of nitrogens with one attached hydrogen (secondary N) is 2. The number of carbonyl (C=O) groups is 2. The van der Waals surface area contributed by atoms with Crippen LogP contribution in [0.2, 0.25) is 10.0 Å². The lowest BCUT2D eigenvalue weighted by molar-refractivity contribution is -0.129. The zero-order chi connectivity index (χ0) is 22.8. The lowest BCUT2D eigenvalue weighted by Crippen LogP contribution is -2.48. The van der Waals surface area contributed by atoms with Crippen LogP contribution in [-0.4, -0.2) is 48.0 Å². The van der Waals surface area contributed by atoms with Gasteiger partial charge in [-0.2, -0.15) is 0 Å². The maximum absolute atomic E-state index is 12.7. The van der Waals surface area contributed by atoms with E-state index in [2.05, 4.69) is 15.5 Å². The van der Waals surface area contributed by atoms with Crippen molar-refractivity contribution in [1.29, 1.82) is 0 Å². The summed E-state index contributed by atoms with van der Waals surface area (Å²) in [4.78, 5) is 28.6. The lowest BCUT2D eigenvalue weighted by Gasteiger charge is -2.35. The number of rotatable bonds is 3. The third-order valence-electron chi connectivity index (χ3n) is 5.24. The first kappa shape index (κ1) is 22.8. The van der Waals surface area contributed by atoms with Crippen LogP contribution in [0, 0.1) is 0 Å². The highest BCUT2D eigenvalue weighted by atomic mass is 35.5. The number of anilines is 2. The fraction of sp³-hybridized carbons (Fsp3) is 0.227. The number of hydrogen-bond donors (Lipinski definition) is 2. The first-order valence-electron chi connectivity index (χ1n) is 9.92. The Morgan fingerprint density at radius 1 is 1.03 bits per heavy atom. The molecule has 1 saturated heterocycles. The molecule has 0 saturated carbocycles. The van der Waals surface area contributed by atoms with E-state index in [1.807, 2.05) is 29.2 Å². The van der Waals surface area contributed by atoms with E-state index in [1.165, 1.54) is 11.3 Å². The van der Waals surface area contributed by atoms with E-state index in [9.17, 15) is 9.59 Å². The Morgan fingerprint density at radius 3 is 2.38 bits per heavy atom. The monoisotopic (exact) mass is 506 g/mol. The molecule has 10 heteroatoms. The minimum absolute atomic E-state index is 0.112. The van der Waals surface area contributed by atoms with Gasteiger partial charge in [0.25, 0.3) is 5.91 Å². The number of piperazine rings is 1. The molecule has 0 atom stereocenters. The van der Waals surface area contributed by atoms with Gasteiger partial charge in [0.2, 0.25) is 5.91 Å². The highest BCUT2D eigenvalue weighted by Crippen LogP contribution is 2.36. The molecule has 3 aromatic rings. The number of carbonyl (C=O) groups excluding carboxylic acids is 2. The number of thiophene rings is 1. The van der Waals surface area contributed by atoms with Crippen LogP contribution in [0.3, 0.4) is 0 Å². The molecule has 6 nitrogen and oxygen atoms in total. The molecule has 0 spiro atoms. The van der Waals surface area contributed by atoms with E-state index in [0.717, 1.165) is 47.6 Å². The quantitative estimate of drug-likeness (QED) is 0.489. The van der Waals surface area contributed by atoms with Gasteiger partial charge in [-0.1, -0.05) is 29.3 Å². The zero-order valence-corrected chi connectivity index (χ0v) is 20.3. The molecule has 2 N–H and O–H groups in total. The van der Waals surface area contributed by atoms with Crippen molar-refractivity contribution in [3.8, 4) is 0 Å². The maximum Gasteiger partial charge on any atom is 0.269 e. The zero-order valence-electron chi connectivity index (χ0n) is 17.2. The van der Waals surface area contributed by atoms with Gasteiger partial charge in [-0.25, -0.2) is 0 Å². The van der Waals surface area contributed by atoms with E-state index in [4.69, 9.17) is 35.4 Å². The van der Waals surface area contributed by atoms with Crippen LogP contribution in [0.5, 0.6) is 0 Å². The summed E-state index contributed by atoms with van der Waals surface area (Å²) in [6.45, 7) is 4.63. The summed E-state index contributed by atoms with van der Waals surface area (Å²) in [6, 6.07) is 13.1. The minimum Gasteiger partial charge on any atom is -0.368 e. The normalized spacial score (nSPS) is 13.8. The second kappa shape index (κ2) is 9.62. The smallest absolute Gasteiger partial charge is 0.269 e. The SMILES string of the molecule is CC(=O)N1CCN(c2ccc(NC(=S)NC(=O)c3sc4cc(Cl)ccc4c3Cl)cc2)CC1. The van der Waals surface area contributed by atoms with Gasteiger partial charge >= 0.3 is 0 Å². The van der Waals surface area contributed by atoms with E-state index < -0.39 is 0 Å². The van der Waals surface area contributed by atoms with E-state index >= 15 is 0 Å². The van der Waals surface area contributed by atoms with Gasteiger partial charge in [0.1, 0.15) is 4.88 Å². The molecule has 2 aromatic carbocycles. The van der Waals surface area contributed by atoms with Crippen LogP contribution < -0.4 is 15.5 Å². The van der Waals surface area contributed by atoms with Gasteiger partial charge in [0.05, 0.1) is 5.02 Å². The Balaban J connectivity index is 1.36. The molecule has 1 fully saturated rings. The molecule has 0 aliphatic carbocycles. The number of thiocarbonyl (C=S) groups is 1. The van der Waals surface area contributed by atoms with E-state index in [0.29, 0.717) is 14.9 Å². The minimum atomic E-state index is -0.371. The molecule has 2 heterocycles. The number of hydrogen-bond acceptors (Lipinski definition) is 5. The lowest BCUT2D eigenvalue weighted by atomic mass is 10.2. The second-order valence-electron chi connectivity index (χ2n) is 7.33. The molecular formula is C22H20Cl2N4O2S2. The van der Waals surface area contributed by atoms with Crippen molar-refractivity contribution in [2.75, 3.05) is 36.4 Å². The van der Waals surface area contributed by atoms with Crippen LogP contribution in [0.1, 0.15) is 16.6 Å². The van der Waals surface area contributed by atoms with Crippen molar-refractivity contribution in [2.45, 2.75) is 6.92 Å². The van der Waals surface area contributed by atoms with Gasteiger partial charge in [-0.3, -0.25) is 14.9 Å². The van der Waals surface area contributed by atoms with Crippen LogP contribution in [0.25, 0.3) is 10.1 Å². The Labute approximate surface area is 205 Å². The summed E-state index contributed by atoms with van der Waals surface area (Å²) in [5.41, 5.74) is 1.83. The maximum atomic E-state index is 12.7. The summed E-state index contributed by atoms with van der Waals surface area (Å²) in [6.07, 6.45) is 0. The largest absolute Gasteiger partial charge is 0.368 e. The van der Waals surface area contributed by atoms with Crippen molar-refractivity contribution < 1.29 is 9.59 Å². The first-order valence-corrected chi connectivity index (χ1v) is 11.9. The molecule has 32 heavy (non-hydrogen) atoms. The van der Waals surface area contributed by atoms with Crippen molar-refractivity contribution in [1.82, 2.24) is 10.2 Å². The summed E-state index contributed by atoms with van der Waals surface area (Å²) < 4.78 is 0.839. The van der Waals surface area contributed by atoms with Crippen molar-refractivity contribution in [3.63, 3.8) is 0 Å². The van der Waals surface area contributed by atoms with Gasteiger partial charge in [-0.15, -0.1) is 11.3 Å². The number of benzene rings is 2. The summed E-state index contributed by atoms with van der Waals surface area (Å²) in [5, 5.41) is 7.65. The molecule has 1 aliphatic rings. The van der Waals surface area contributed by atoms with Gasteiger partial charge in [-0.05, 0) is 48.6 Å². The van der Waals surface area contributed by atoms with Crippen LogP contribution in [0.15, 0.2) is 42.5 Å². The summed E-state index contributed by atoms with van der Waals surface area (Å²) in [7, 11) is 0. The second-order valence-corrected chi connectivity index (χ2v) is 9.61. The third kappa shape index (κ3) is 4.99. The number of fused-ring (bicyclic) bond motifs is 1. The van der Waals surface area contributed by atoms with E-state index in [-0.39, 0.29) is 16.9 Å². The van der Waals surface area contributed by atoms with Gasteiger partial charge in [0, 0.05) is 59.6 Å². The standard InChI is InChI=1S/C22H20Cl2N4O2S2/c1-13(29)27-8-10-28(11-9-27)16-5-3-15(4-6-16)25-22(31)26-21(30)20-19(24)17-7-2-14(23)12-18(17)32-20/h2-7,12H,8-11H2,1H3,(H2,25,26,30,31). The molecule has 0 radical (unpaired) electrons. The van der Waals surface area contributed by atoms with Crippen molar-refractivity contribution in [3.05, 3.63) is 57.4 Å². The Morgan fingerprint density at radius 2 is 1.72 bits per heavy atom. The van der Waals surface area contributed by atoms with Gasteiger partial charge < -0.3 is 15.1 Å². The predicted octanol–water partition coefficient (Wildman–Crippen LogP) is 5.00. The fourth-order valence-electron chi connectivity index (χ4n) is 3.54. The highest BCUT2D eigenvalue weighted by molar-refractivity contribution is 7.80. The Bertz CT molecular complexity index is 1190. The summed E-state index contributed by atoms with van der Waals surface area (Å²) in [5.74, 6) is -0.259. The molecule has 1 aromatic heterocycles. The highest BCUT2D eigenvalue weighted by Gasteiger charge is 2.20. The average molecular weight is 507 g/mol. The summed E-state index contributed by atoms with van der Waals surface area (Å²) >= 11 is 19.0. The van der Waals surface area contributed by atoms with Crippen molar-refractivity contribution in [2.24, 2.45) is 0 Å². The number of nitrogens with zero attached hydrogens (tertiary/aromatic N) is 2. The number of halogens is 2. The molecular weight excluding hydrogens is 487 g/mol. The third-order valence-corrected chi connectivity index (χ3v) is 7.34. The van der Waals surface area contributed by atoms with Crippen LogP contribution in [-0.2, 0) is 4.79 Å². The average Bonchev–Trinajstić information content (AvgIpc) is 3.10. The van der Waals surface area contributed by atoms with Crippen LogP contribution in [0.4, 0.5) is 11.4 Å². The topological polar surface area (TPSA) is 64.7 Å². The van der Waals surface area contributed by atoms with E-state index in [1.54, 1.807) is 25.1 Å². The molecule has 4 rings (SSSR count). The molecule has 0 bridgehead atoms. The Hall–Kier alpha value is -2.39. The fourth-order valence-corrected chi connectivity index (χ4v) is 5.44. The molecule has 166 valence electrons. The Kier molecular flexibility index (Phi) is 6.85.